The Morgan fingerprint density at radius 1 is 1.25 bits per heavy atom. The second-order valence-corrected chi connectivity index (χ2v) is 5.68. The Hall–Kier alpha value is -3.07. The quantitative estimate of drug-likeness (QED) is 0.394. The number of aromatic nitrogens is 3. The zero-order valence-corrected chi connectivity index (χ0v) is 13.2. The van der Waals surface area contributed by atoms with Crippen molar-refractivity contribution in [3.05, 3.63) is 58.3 Å². The zero-order chi connectivity index (χ0) is 17.1. The molecule has 8 nitrogen and oxygen atoms in total. The molecule has 9 heteroatoms. The molecule has 120 valence electrons. The summed E-state index contributed by atoms with van der Waals surface area (Å²) in [4.78, 5) is 26.7. The molecule has 0 unspecified atom stereocenters. The molecule has 0 radical (unpaired) electrons. The number of nitrogens with zero attached hydrogens (tertiary/aromatic N) is 4. The summed E-state index contributed by atoms with van der Waals surface area (Å²) in [5.41, 5.74) is 0.614. The molecule has 0 aliphatic rings. The third kappa shape index (κ3) is 3.30. The SMILES string of the molecule is CC(=O)c1cc([N+](=O)[O-])ccc1Sc1nnc(-c2ccccn2)o1. The summed E-state index contributed by atoms with van der Waals surface area (Å²) in [7, 11) is 0. The molecule has 0 bridgehead atoms. The predicted octanol–water partition coefficient (Wildman–Crippen LogP) is 3.39. The second-order valence-electron chi connectivity index (χ2n) is 4.68. The molecule has 3 aromatic rings. The summed E-state index contributed by atoms with van der Waals surface area (Å²) in [6.07, 6.45) is 1.61. The molecule has 0 saturated carbocycles. The van der Waals surface area contributed by atoms with Crippen LogP contribution in [0.1, 0.15) is 17.3 Å². The van der Waals surface area contributed by atoms with Crippen molar-refractivity contribution in [2.24, 2.45) is 0 Å². The lowest BCUT2D eigenvalue weighted by atomic mass is 10.1. The topological polar surface area (TPSA) is 112 Å². The van der Waals surface area contributed by atoms with Gasteiger partial charge in [-0.05, 0) is 36.9 Å². The molecule has 0 amide bonds. The maximum Gasteiger partial charge on any atom is 0.281 e. The van der Waals surface area contributed by atoms with Crippen LogP contribution in [0.4, 0.5) is 5.69 Å². The van der Waals surface area contributed by atoms with E-state index in [0.717, 1.165) is 11.8 Å². The average molecular weight is 342 g/mol. The van der Waals surface area contributed by atoms with Crippen LogP contribution in [-0.4, -0.2) is 25.9 Å². The van der Waals surface area contributed by atoms with Crippen LogP contribution in [0.5, 0.6) is 0 Å². The van der Waals surface area contributed by atoms with E-state index in [9.17, 15) is 14.9 Å². The maximum absolute atomic E-state index is 11.7. The van der Waals surface area contributed by atoms with Crippen LogP contribution in [0.2, 0.25) is 0 Å². The van der Waals surface area contributed by atoms with Gasteiger partial charge in [-0.3, -0.25) is 19.9 Å². The van der Waals surface area contributed by atoms with E-state index in [4.69, 9.17) is 4.42 Å². The number of nitro benzene ring substituents is 1. The highest BCUT2D eigenvalue weighted by molar-refractivity contribution is 7.99. The number of pyridine rings is 1. The number of nitro groups is 1. The summed E-state index contributed by atoms with van der Waals surface area (Å²) in [5, 5.41) is 18.9. The van der Waals surface area contributed by atoms with Crippen molar-refractivity contribution in [2.45, 2.75) is 17.0 Å². The minimum atomic E-state index is -0.549. The first-order valence-electron chi connectivity index (χ1n) is 6.77. The summed E-state index contributed by atoms with van der Waals surface area (Å²) < 4.78 is 5.52. The Morgan fingerprint density at radius 3 is 2.75 bits per heavy atom. The number of carbonyl (C=O) groups is 1. The van der Waals surface area contributed by atoms with Crippen molar-refractivity contribution < 1.29 is 14.1 Å². The normalized spacial score (nSPS) is 10.5. The summed E-state index contributed by atoms with van der Waals surface area (Å²) >= 11 is 1.07. The number of hydrogen-bond donors (Lipinski definition) is 0. The van der Waals surface area contributed by atoms with Crippen LogP contribution in [-0.2, 0) is 0 Å². The Balaban J connectivity index is 1.90. The highest BCUT2D eigenvalue weighted by Gasteiger charge is 2.17. The molecule has 3 rings (SSSR count). The largest absolute Gasteiger partial charge is 0.409 e. The van der Waals surface area contributed by atoms with Crippen LogP contribution in [0.25, 0.3) is 11.6 Å². The molecular formula is C15H10N4O4S. The Morgan fingerprint density at radius 2 is 2.08 bits per heavy atom. The van der Waals surface area contributed by atoms with Gasteiger partial charge in [0, 0.05) is 28.8 Å². The average Bonchev–Trinajstić information content (AvgIpc) is 3.04. The van der Waals surface area contributed by atoms with Gasteiger partial charge in [0.1, 0.15) is 5.69 Å². The van der Waals surface area contributed by atoms with Crippen LogP contribution in [0.3, 0.4) is 0 Å². The summed E-state index contributed by atoms with van der Waals surface area (Å²) in [6, 6.07) is 9.35. The molecule has 2 heterocycles. The molecule has 0 saturated heterocycles. The van der Waals surface area contributed by atoms with Gasteiger partial charge in [0.2, 0.25) is 0 Å². The lowest BCUT2D eigenvalue weighted by Crippen LogP contribution is -1.98. The fourth-order valence-corrected chi connectivity index (χ4v) is 2.77. The van der Waals surface area contributed by atoms with E-state index in [1.54, 1.807) is 24.4 Å². The summed E-state index contributed by atoms with van der Waals surface area (Å²) in [5.74, 6) is -0.0324. The van der Waals surface area contributed by atoms with Crippen LogP contribution < -0.4 is 0 Å². The Kier molecular flexibility index (Phi) is 4.34. The Labute approximate surface area is 140 Å². The molecule has 0 aliphatic heterocycles. The standard InChI is InChI=1S/C15H10N4O4S/c1-9(20)11-8-10(19(21)22)5-6-13(11)24-15-18-17-14(23-15)12-4-2-3-7-16-12/h2-8H,1H3. The molecule has 0 fully saturated rings. The molecule has 0 N–H and O–H groups in total. The van der Waals surface area contributed by atoms with Gasteiger partial charge in [-0.25, -0.2) is 0 Å². The molecular weight excluding hydrogens is 332 g/mol. The van der Waals surface area contributed by atoms with Crippen LogP contribution in [0, 0.1) is 10.1 Å². The lowest BCUT2D eigenvalue weighted by molar-refractivity contribution is -0.384. The Bertz CT molecular complexity index is 911. The van der Waals surface area contributed by atoms with Gasteiger partial charge >= 0.3 is 0 Å². The third-order valence-corrected chi connectivity index (χ3v) is 3.96. The summed E-state index contributed by atoms with van der Waals surface area (Å²) in [6.45, 7) is 1.34. The maximum atomic E-state index is 11.7. The monoisotopic (exact) mass is 342 g/mol. The first-order chi connectivity index (χ1) is 11.5. The van der Waals surface area contributed by atoms with Gasteiger partial charge in [-0.15, -0.1) is 10.2 Å². The van der Waals surface area contributed by atoms with Crippen molar-refractivity contribution in [3.8, 4) is 11.6 Å². The van der Waals surface area contributed by atoms with E-state index in [-0.39, 0.29) is 28.1 Å². The van der Waals surface area contributed by atoms with Crippen molar-refractivity contribution in [1.29, 1.82) is 0 Å². The van der Waals surface area contributed by atoms with E-state index >= 15 is 0 Å². The van der Waals surface area contributed by atoms with Crippen molar-refractivity contribution in [1.82, 2.24) is 15.2 Å². The van der Waals surface area contributed by atoms with Gasteiger partial charge in [-0.2, -0.15) is 0 Å². The molecule has 0 atom stereocenters. The van der Waals surface area contributed by atoms with E-state index in [0.29, 0.717) is 10.6 Å². The van der Waals surface area contributed by atoms with Gasteiger partial charge in [0.15, 0.2) is 5.78 Å². The van der Waals surface area contributed by atoms with Gasteiger partial charge in [-0.1, -0.05) is 6.07 Å². The number of benzene rings is 1. The number of Topliss-reactive ketones (excluding diaryl/α,β-unsaturated/α-hetero) is 1. The zero-order valence-electron chi connectivity index (χ0n) is 12.4. The number of rotatable bonds is 5. The van der Waals surface area contributed by atoms with Gasteiger partial charge in [0.05, 0.1) is 4.92 Å². The highest BCUT2D eigenvalue weighted by atomic mass is 32.2. The lowest BCUT2D eigenvalue weighted by Gasteiger charge is -2.03. The van der Waals surface area contributed by atoms with Crippen LogP contribution in [0.15, 0.2) is 57.1 Å². The molecule has 0 spiro atoms. The number of carbonyl (C=O) groups excluding carboxylic acids is 1. The minimum absolute atomic E-state index is 0.149. The molecule has 2 aromatic heterocycles. The second kappa shape index (κ2) is 6.59. The van der Waals surface area contributed by atoms with E-state index in [2.05, 4.69) is 15.2 Å². The van der Waals surface area contributed by atoms with Crippen molar-refractivity contribution >= 4 is 23.2 Å². The first-order valence-corrected chi connectivity index (χ1v) is 7.58. The fraction of sp³-hybridized carbons (Fsp3) is 0.0667. The fourth-order valence-electron chi connectivity index (χ4n) is 1.93. The van der Waals surface area contributed by atoms with Gasteiger partial charge in [0.25, 0.3) is 16.8 Å². The molecule has 24 heavy (non-hydrogen) atoms. The highest BCUT2D eigenvalue weighted by Crippen LogP contribution is 2.33. The molecule has 1 aromatic carbocycles. The smallest absolute Gasteiger partial charge is 0.281 e. The molecule has 0 aliphatic carbocycles. The third-order valence-electron chi connectivity index (χ3n) is 3.04. The number of ketones is 1. The van der Waals surface area contributed by atoms with E-state index in [1.165, 1.54) is 25.1 Å². The minimum Gasteiger partial charge on any atom is -0.409 e. The number of non-ortho nitro benzene ring substituents is 1. The van der Waals surface area contributed by atoms with Crippen molar-refractivity contribution in [2.75, 3.05) is 0 Å². The van der Waals surface area contributed by atoms with Crippen LogP contribution >= 0.6 is 11.8 Å². The van der Waals surface area contributed by atoms with E-state index in [1.807, 2.05) is 0 Å². The van der Waals surface area contributed by atoms with Crippen molar-refractivity contribution in [3.63, 3.8) is 0 Å². The number of hydrogen-bond acceptors (Lipinski definition) is 8. The van der Waals surface area contributed by atoms with E-state index < -0.39 is 4.92 Å². The predicted molar refractivity (Wildman–Crippen MR) is 84.8 cm³/mol. The first kappa shape index (κ1) is 15.8. The van der Waals surface area contributed by atoms with Gasteiger partial charge < -0.3 is 4.42 Å².